The number of carbonyl (C=O) groups excluding carboxylic acids is 1. The molecule has 0 bridgehead atoms. The first kappa shape index (κ1) is 21.9. The molecule has 0 aliphatic carbocycles. The van der Waals surface area contributed by atoms with Crippen LogP contribution in [0.1, 0.15) is 6.92 Å². The molecular formula is C18H27ClN4O3S2. The fourth-order valence-electron chi connectivity index (χ4n) is 3.36. The van der Waals surface area contributed by atoms with E-state index in [4.69, 9.17) is 11.6 Å². The highest BCUT2D eigenvalue weighted by Gasteiger charge is 2.35. The van der Waals surface area contributed by atoms with Crippen LogP contribution in [0.25, 0.3) is 0 Å². The molecule has 0 aromatic heterocycles. The highest BCUT2D eigenvalue weighted by molar-refractivity contribution is 8.00. The van der Waals surface area contributed by atoms with Crippen LogP contribution in [-0.2, 0) is 15.0 Å². The lowest BCUT2D eigenvalue weighted by molar-refractivity contribution is -0.131. The lowest BCUT2D eigenvalue weighted by atomic mass is 10.3. The third-order valence-corrected chi connectivity index (χ3v) is 8.80. The van der Waals surface area contributed by atoms with Gasteiger partial charge in [0.1, 0.15) is 0 Å². The van der Waals surface area contributed by atoms with Crippen molar-refractivity contribution in [3.63, 3.8) is 0 Å². The maximum atomic E-state index is 12.8. The quantitative estimate of drug-likeness (QED) is 0.641. The normalized spacial score (nSPS) is 21.6. The van der Waals surface area contributed by atoms with Crippen LogP contribution in [0.2, 0.25) is 5.02 Å². The van der Waals surface area contributed by atoms with Crippen molar-refractivity contribution in [1.82, 2.24) is 18.4 Å². The summed E-state index contributed by atoms with van der Waals surface area (Å²) in [5.74, 6) is 0.0153. The van der Waals surface area contributed by atoms with Crippen molar-refractivity contribution in [3.05, 3.63) is 29.3 Å². The molecule has 3 rings (SSSR count). The topological polar surface area (TPSA) is 64.2 Å². The van der Waals surface area contributed by atoms with Gasteiger partial charge in [-0.1, -0.05) is 23.7 Å². The first-order valence-corrected chi connectivity index (χ1v) is 12.1. The number of piperazine rings is 2. The number of thioether (sulfide) groups is 1. The van der Waals surface area contributed by atoms with Gasteiger partial charge in [-0.15, -0.1) is 11.8 Å². The molecule has 1 aromatic rings. The molecule has 1 aromatic carbocycles. The molecule has 28 heavy (non-hydrogen) atoms. The highest BCUT2D eigenvalue weighted by atomic mass is 35.5. The zero-order chi connectivity index (χ0) is 20.3. The summed E-state index contributed by atoms with van der Waals surface area (Å²) in [6.45, 7) is 5.89. The van der Waals surface area contributed by atoms with E-state index in [-0.39, 0.29) is 11.2 Å². The standard InChI is InChI=1S/C18H27ClN4O3S2/c1-15(27-17-6-4-3-5-16(17)19)18(24)21-9-13-23(14-10-21)28(25,26)22-11-7-20(2)8-12-22/h3-6,15H,7-14H2,1-2H3/t15-/m0/s1. The number of hydrogen-bond acceptors (Lipinski definition) is 5. The minimum absolute atomic E-state index is 0.0153. The second-order valence-electron chi connectivity index (χ2n) is 7.12. The Morgan fingerprint density at radius 3 is 2.11 bits per heavy atom. The molecule has 1 amide bonds. The van der Waals surface area contributed by atoms with Gasteiger partial charge < -0.3 is 9.80 Å². The predicted octanol–water partition coefficient (Wildman–Crippen LogP) is 1.46. The fourth-order valence-corrected chi connectivity index (χ4v) is 6.17. The molecule has 1 atom stereocenters. The summed E-state index contributed by atoms with van der Waals surface area (Å²) < 4.78 is 28.8. The minimum Gasteiger partial charge on any atom is -0.339 e. The number of likely N-dealkylation sites (N-methyl/N-ethyl adjacent to an activating group) is 1. The Labute approximate surface area is 176 Å². The van der Waals surface area contributed by atoms with E-state index in [0.29, 0.717) is 44.3 Å². The molecule has 7 nitrogen and oxygen atoms in total. The summed E-state index contributed by atoms with van der Waals surface area (Å²) in [6.07, 6.45) is 0. The summed E-state index contributed by atoms with van der Waals surface area (Å²) in [5.41, 5.74) is 0. The van der Waals surface area contributed by atoms with Gasteiger partial charge >= 0.3 is 0 Å². The molecule has 2 fully saturated rings. The van der Waals surface area contributed by atoms with Crippen LogP contribution in [0, 0.1) is 0 Å². The molecule has 156 valence electrons. The molecule has 0 spiro atoms. The second-order valence-corrected chi connectivity index (χ2v) is 10.8. The van der Waals surface area contributed by atoms with Crippen LogP contribution in [0.4, 0.5) is 0 Å². The number of nitrogens with zero attached hydrogens (tertiary/aromatic N) is 4. The van der Waals surface area contributed by atoms with Crippen LogP contribution in [0.3, 0.4) is 0 Å². The average molecular weight is 447 g/mol. The third-order valence-electron chi connectivity index (χ3n) is 5.15. The summed E-state index contributed by atoms with van der Waals surface area (Å²) in [5, 5.41) is 0.357. The van der Waals surface area contributed by atoms with E-state index in [2.05, 4.69) is 4.90 Å². The summed E-state index contributed by atoms with van der Waals surface area (Å²) in [7, 11) is -1.46. The highest BCUT2D eigenvalue weighted by Crippen LogP contribution is 2.31. The molecule has 2 saturated heterocycles. The number of halogens is 1. The van der Waals surface area contributed by atoms with E-state index in [9.17, 15) is 13.2 Å². The summed E-state index contributed by atoms with van der Waals surface area (Å²) >= 11 is 7.62. The Balaban J connectivity index is 1.54. The van der Waals surface area contributed by atoms with Gasteiger partial charge in [0, 0.05) is 57.3 Å². The van der Waals surface area contributed by atoms with E-state index in [1.807, 2.05) is 38.2 Å². The Morgan fingerprint density at radius 1 is 1.00 bits per heavy atom. The van der Waals surface area contributed by atoms with Crippen LogP contribution in [0.15, 0.2) is 29.2 Å². The Kier molecular flexibility index (Phi) is 7.27. The molecule has 2 heterocycles. The Bertz CT molecular complexity index is 792. The molecule has 2 aliphatic heterocycles. The van der Waals surface area contributed by atoms with Gasteiger partial charge in [-0.2, -0.15) is 17.0 Å². The van der Waals surface area contributed by atoms with Gasteiger partial charge in [0.25, 0.3) is 10.2 Å². The van der Waals surface area contributed by atoms with E-state index in [1.165, 1.54) is 16.1 Å². The van der Waals surface area contributed by atoms with Gasteiger partial charge in [-0.3, -0.25) is 4.79 Å². The molecular weight excluding hydrogens is 420 g/mol. The van der Waals surface area contributed by atoms with E-state index in [0.717, 1.165) is 18.0 Å². The SMILES string of the molecule is C[C@H](Sc1ccccc1Cl)C(=O)N1CCN(S(=O)(=O)N2CCN(C)CC2)CC1. The molecule has 0 N–H and O–H groups in total. The van der Waals surface area contributed by atoms with Gasteiger partial charge in [-0.25, -0.2) is 0 Å². The molecule has 2 aliphatic rings. The van der Waals surface area contributed by atoms with Crippen molar-refractivity contribution in [3.8, 4) is 0 Å². The van der Waals surface area contributed by atoms with Crippen molar-refractivity contribution < 1.29 is 13.2 Å². The van der Waals surface area contributed by atoms with E-state index >= 15 is 0 Å². The minimum atomic E-state index is -3.45. The Morgan fingerprint density at radius 2 is 1.54 bits per heavy atom. The van der Waals surface area contributed by atoms with Crippen LogP contribution >= 0.6 is 23.4 Å². The van der Waals surface area contributed by atoms with Crippen LogP contribution < -0.4 is 0 Å². The molecule has 0 radical (unpaired) electrons. The maximum absolute atomic E-state index is 12.8. The van der Waals surface area contributed by atoms with Crippen molar-refractivity contribution >= 4 is 39.5 Å². The third kappa shape index (κ3) is 5.01. The summed E-state index contributed by atoms with van der Waals surface area (Å²) in [4.78, 5) is 17.5. The van der Waals surface area contributed by atoms with Crippen molar-refractivity contribution in [2.45, 2.75) is 17.1 Å². The molecule has 10 heteroatoms. The number of carbonyl (C=O) groups is 1. The first-order chi connectivity index (χ1) is 13.3. The predicted molar refractivity (Wildman–Crippen MR) is 113 cm³/mol. The number of hydrogen-bond donors (Lipinski definition) is 0. The molecule has 0 saturated carbocycles. The van der Waals surface area contributed by atoms with Gasteiger partial charge in [-0.05, 0) is 26.1 Å². The van der Waals surface area contributed by atoms with E-state index in [1.54, 1.807) is 9.21 Å². The van der Waals surface area contributed by atoms with Crippen molar-refractivity contribution in [2.75, 3.05) is 59.4 Å². The van der Waals surface area contributed by atoms with Crippen LogP contribution in [0.5, 0.6) is 0 Å². The largest absolute Gasteiger partial charge is 0.339 e. The smallest absolute Gasteiger partial charge is 0.282 e. The van der Waals surface area contributed by atoms with Crippen molar-refractivity contribution in [2.24, 2.45) is 0 Å². The molecule has 0 unspecified atom stereocenters. The van der Waals surface area contributed by atoms with Gasteiger partial charge in [0.2, 0.25) is 5.91 Å². The number of rotatable bonds is 5. The van der Waals surface area contributed by atoms with E-state index < -0.39 is 10.2 Å². The average Bonchev–Trinajstić information content (AvgIpc) is 2.69. The maximum Gasteiger partial charge on any atom is 0.282 e. The lowest BCUT2D eigenvalue weighted by Gasteiger charge is -2.39. The number of benzene rings is 1. The zero-order valence-corrected chi connectivity index (χ0v) is 18.6. The lowest BCUT2D eigenvalue weighted by Crippen LogP contribution is -2.57. The Hall–Kier alpha value is -0.840. The fraction of sp³-hybridized carbons (Fsp3) is 0.611. The monoisotopic (exact) mass is 446 g/mol. The zero-order valence-electron chi connectivity index (χ0n) is 16.3. The summed E-state index contributed by atoms with van der Waals surface area (Å²) in [6, 6.07) is 7.47. The first-order valence-electron chi connectivity index (χ1n) is 9.43. The second kappa shape index (κ2) is 9.32. The van der Waals surface area contributed by atoms with Gasteiger partial charge in [0.15, 0.2) is 0 Å². The van der Waals surface area contributed by atoms with Gasteiger partial charge in [0.05, 0.1) is 10.3 Å². The van der Waals surface area contributed by atoms with Crippen LogP contribution in [-0.4, -0.2) is 97.4 Å². The van der Waals surface area contributed by atoms with Crippen molar-refractivity contribution in [1.29, 1.82) is 0 Å². The number of amides is 1.